The van der Waals surface area contributed by atoms with Crippen molar-refractivity contribution in [2.45, 2.75) is 77.6 Å². The molecule has 0 saturated carbocycles. The van der Waals surface area contributed by atoms with Gasteiger partial charge in [0, 0.05) is 20.1 Å². The van der Waals surface area contributed by atoms with E-state index < -0.39 is 17.6 Å². The van der Waals surface area contributed by atoms with Gasteiger partial charge in [0.05, 0.1) is 11.6 Å². The van der Waals surface area contributed by atoms with Crippen LogP contribution in [0, 0.1) is 11.8 Å². The van der Waals surface area contributed by atoms with E-state index in [2.05, 4.69) is 43.6 Å². The Morgan fingerprint density at radius 2 is 2.08 bits per heavy atom. The van der Waals surface area contributed by atoms with Gasteiger partial charge in [0.15, 0.2) is 0 Å². The van der Waals surface area contributed by atoms with E-state index >= 15 is 0 Å². The van der Waals surface area contributed by atoms with Gasteiger partial charge in [-0.25, -0.2) is 0 Å². The fourth-order valence-electron chi connectivity index (χ4n) is 3.64. The molecule has 0 aliphatic carbocycles. The number of aliphatic carboxylic acids is 1. The highest BCUT2D eigenvalue weighted by atomic mass is 16.5. The van der Waals surface area contributed by atoms with Crippen molar-refractivity contribution in [2.24, 2.45) is 11.8 Å². The summed E-state index contributed by atoms with van der Waals surface area (Å²) >= 11 is 0. The predicted octanol–water partition coefficient (Wildman–Crippen LogP) is 2.34. The number of hydrogen-bond donors (Lipinski definition) is 3. The maximum Gasteiger partial charge on any atom is 0.320 e. The smallest absolute Gasteiger partial charge is 0.320 e. The summed E-state index contributed by atoms with van der Waals surface area (Å²) in [6.07, 6.45) is 6.36. The van der Waals surface area contributed by atoms with Gasteiger partial charge in [-0.15, -0.1) is 0 Å². The fraction of sp³-hybridized carbons (Fsp3) is 0.789. The Balaban J connectivity index is 3.21. The molecule has 1 amide bonds. The molecule has 3 N–H and O–H groups in total. The molecule has 144 valence electrons. The molecule has 1 saturated heterocycles. The second kappa shape index (κ2) is 9.34. The van der Waals surface area contributed by atoms with Gasteiger partial charge >= 0.3 is 5.97 Å². The Morgan fingerprint density at radius 3 is 2.52 bits per heavy atom. The van der Waals surface area contributed by atoms with Crippen LogP contribution in [0.3, 0.4) is 0 Å². The Labute approximate surface area is 151 Å². The number of nitrogens with one attached hydrogen (secondary N) is 2. The average molecular weight is 354 g/mol. The molecular formula is C19H34N2O4. The molecule has 0 aromatic carbocycles. The summed E-state index contributed by atoms with van der Waals surface area (Å²) in [6.45, 7) is 9.71. The molecule has 0 aromatic heterocycles. The zero-order chi connectivity index (χ0) is 19.2. The van der Waals surface area contributed by atoms with Crippen LogP contribution in [-0.2, 0) is 14.3 Å². The van der Waals surface area contributed by atoms with Crippen LogP contribution in [0.4, 0.5) is 0 Å². The van der Waals surface area contributed by atoms with Crippen LogP contribution < -0.4 is 10.6 Å². The fourth-order valence-corrected chi connectivity index (χ4v) is 3.64. The van der Waals surface area contributed by atoms with Crippen molar-refractivity contribution in [3.63, 3.8) is 0 Å². The van der Waals surface area contributed by atoms with Crippen LogP contribution in [0.1, 0.15) is 53.9 Å². The van der Waals surface area contributed by atoms with Gasteiger partial charge in [0.25, 0.3) is 0 Å². The highest BCUT2D eigenvalue weighted by Gasteiger charge is 2.47. The third-order valence-electron chi connectivity index (χ3n) is 4.99. The predicted molar refractivity (Wildman–Crippen MR) is 98.4 cm³/mol. The van der Waals surface area contributed by atoms with E-state index in [9.17, 15) is 14.7 Å². The van der Waals surface area contributed by atoms with Gasteiger partial charge in [-0.1, -0.05) is 39.3 Å². The normalized spacial score (nSPS) is 27.4. The van der Waals surface area contributed by atoms with E-state index in [0.717, 1.165) is 12.8 Å². The van der Waals surface area contributed by atoms with E-state index in [1.165, 1.54) is 6.92 Å². The lowest BCUT2D eigenvalue weighted by Gasteiger charge is -2.41. The Kier molecular flexibility index (Phi) is 8.09. The molecule has 5 atom stereocenters. The first kappa shape index (κ1) is 21.6. The summed E-state index contributed by atoms with van der Waals surface area (Å²) in [6, 6.07) is -1.14. The lowest BCUT2D eigenvalue weighted by Crippen LogP contribution is -2.62. The lowest BCUT2D eigenvalue weighted by molar-refractivity contribution is -0.139. The van der Waals surface area contributed by atoms with Crippen molar-refractivity contribution < 1.29 is 19.4 Å². The topological polar surface area (TPSA) is 87.7 Å². The van der Waals surface area contributed by atoms with Crippen molar-refractivity contribution in [3.8, 4) is 0 Å². The van der Waals surface area contributed by atoms with Crippen LogP contribution in [-0.4, -0.2) is 47.8 Å². The van der Waals surface area contributed by atoms with Crippen molar-refractivity contribution in [1.29, 1.82) is 0 Å². The standard InChI is InChI=1S/C19H34N2O4/c1-7-10-19(5,25-6)17(20-13(4)22)16-14(9-8-12(2)3)11-15(21-16)18(23)24/h8-9,12,14-17,21H,7,10-11H2,1-6H3,(H,20,22)(H,23,24)/t14-,15-,16-,17-,19+/m1/s1. The van der Waals surface area contributed by atoms with E-state index in [4.69, 9.17) is 4.74 Å². The van der Waals surface area contributed by atoms with Crippen molar-refractivity contribution in [3.05, 3.63) is 12.2 Å². The zero-order valence-corrected chi connectivity index (χ0v) is 16.3. The van der Waals surface area contributed by atoms with Gasteiger partial charge in [0.2, 0.25) is 5.91 Å². The average Bonchev–Trinajstić information content (AvgIpc) is 2.94. The van der Waals surface area contributed by atoms with E-state index in [1.54, 1.807) is 7.11 Å². The summed E-state index contributed by atoms with van der Waals surface area (Å²) in [5.41, 5.74) is -0.574. The molecule has 6 heteroatoms. The SMILES string of the molecule is CCC[C@](C)(OC)[C@H](NC(C)=O)[C@@H]1N[C@@H](C(=O)O)C[C@H]1C=CC(C)C. The summed E-state index contributed by atoms with van der Waals surface area (Å²) < 4.78 is 5.80. The Morgan fingerprint density at radius 1 is 1.44 bits per heavy atom. The monoisotopic (exact) mass is 354 g/mol. The van der Waals surface area contributed by atoms with Crippen LogP contribution >= 0.6 is 0 Å². The molecule has 1 fully saturated rings. The number of rotatable bonds is 9. The summed E-state index contributed by atoms with van der Waals surface area (Å²) in [5.74, 6) is -0.599. The number of hydrogen-bond acceptors (Lipinski definition) is 4. The molecule has 1 aliphatic heterocycles. The minimum Gasteiger partial charge on any atom is -0.480 e. The molecule has 0 spiro atoms. The molecule has 0 aromatic rings. The van der Waals surface area contributed by atoms with Crippen molar-refractivity contribution in [1.82, 2.24) is 10.6 Å². The van der Waals surface area contributed by atoms with Crippen molar-refractivity contribution >= 4 is 11.9 Å². The van der Waals surface area contributed by atoms with Gasteiger partial charge in [-0.05, 0) is 31.6 Å². The third kappa shape index (κ3) is 5.82. The minimum absolute atomic E-state index is 0.0201. The van der Waals surface area contributed by atoms with Gasteiger partial charge in [-0.2, -0.15) is 0 Å². The number of amides is 1. The second-order valence-corrected chi connectivity index (χ2v) is 7.56. The first-order valence-corrected chi connectivity index (χ1v) is 9.14. The number of carboxylic acid groups (broad SMARTS) is 1. The minimum atomic E-state index is -0.860. The Bertz CT molecular complexity index is 492. The summed E-state index contributed by atoms with van der Waals surface area (Å²) in [7, 11) is 1.65. The van der Waals surface area contributed by atoms with E-state index in [0.29, 0.717) is 12.3 Å². The molecule has 0 radical (unpaired) electrons. The van der Waals surface area contributed by atoms with Crippen LogP contribution in [0.5, 0.6) is 0 Å². The van der Waals surface area contributed by atoms with E-state index in [-0.39, 0.29) is 23.9 Å². The molecule has 0 unspecified atom stereocenters. The van der Waals surface area contributed by atoms with Gasteiger partial charge in [-0.3, -0.25) is 14.9 Å². The maximum atomic E-state index is 11.8. The molecule has 25 heavy (non-hydrogen) atoms. The largest absolute Gasteiger partial charge is 0.480 e. The van der Waals surface area contributed by atoms with E-state index in [1.807, 2.05) is 6.92 Å². The molecule has 1 rings (SSSR count). The number of carboxylic acids is 1. The third-order valence-corrected chi connectivity index (χ3v) is 4.99. The quantitative estimate of drug-likeness (QED) is 0.553. The van der Waals surface area contributed by atoms with Gasteiger partial charge in [0.1, 0.15) is 6.04 Å². The number of carbonyl (C=O) groups is 2. The summed E-state index contributed by atoms with van der Waals surface area (Å²) in [4.78, 5) is 23.4. The second-order valence-electron chi connectivity index (χ2n) is 7.56. The maximum absolute atomic E-state index is 11.8. The summed E-state index contributed by atoms with van der Waals surface area (Å²) in [5, 5.41) is 15.7. The first-order chi connectivity index (χ1) is 11.6. The number of ether oxygens (including phenoxy) is 1. The molecule has 1 aliphatic rings. The van der Waals surface area contributed by atoms with Gasteiger partial charge < -0.3 is 15.2 Å². The molecule has 0 bridgehead atoms. The van der Waals surface area contributed by atoms with Crippen LogP contribution in [0.15, 0.2) is 12.2 Å². The molecule has 6 nitrogen and oxygen atoms in total. The number of allylic oxidation sites excluding steroid dienone is 1. The highest BCUT2D eigenvalue weighted by molar-refractivity contribution is 5.75. The number of carbonyl (C=O) groups excluding carboxylic acids is 1. The zero-order valence-electron chi connectivity index (χ0n) is 16.3. The van der Waals surface area contributed by atoms with Crippen LogP contribution in [0.25, 0.3) is 0 Å². The number of methoxy groups -OCH3 is 1. The first-order valence-electron chi connectivity index (χ1n) is 9.14. The highest BCUT2D eigenvalue weighted by Crippen LogP contribution is 2.32. The Hall–Kier alpha value is -1.40. The molecule has 1 heterocycles. The molecular weight excluding hydrogens is 320 g/mol. The van der Waals surface area contributed by atoms with Crippen LogP contribution in [0.2, 0.25) is 0 Å². The van der Waals surface area contributed by atoms with Crippen molar-refractivity contribution in [2.75, 3.05) is 7.11 Å². The lowest BCUT2D eigenvalue weighted by atomic mass is 9.81.